The Morgan fingerprint density at radius 1 is 1.00 bits per heavy atom. The van der Waals surface area contributed by atoms with Crippen LogP contribution in [0.4, 0.5) is 34.9 Å². The molecule has 4 heterocycles. The fourth-order valence-corrected chi connectivity index (χ4v) is 6.34. The van der Waals surface area contributed by atoms with Crippen molar-refractivity contribution in [1.29, 1.82) is 0 Å². The van der Waals surface area contributed by atoms with Crippen LogP contribution in [0.2, 0.25) is 0 Å². The number of carbonyl (C=O) groups is 2. The number of hydrogen-bond donors (Lipinski definition) is 2. The highest BCUT2D eigenvalue weighted by Crippen LogP contribution is 2.39. The number of nitrogens with one attached hydrogen (secondary N) is 2. The Morgan fingerprint density at radius 3 is 2.20 bits per heavy atom. The van der Waals surface area contributed by atoms with Crippen molar-refractivity contribution >= 4 is 29.1 Å². The van der Waals surface area contributed by atoms with E-state index in [2.05, 4.69) is 25.5 Å². The highest BCUT2D eigenvalue weighted by Gasteiger charge is 2.50. The van der Waals surface area contributed by atoms with E-state index in [0.29, 0.717) is 43.4 Å². The van der Waals surface area contributed by atoms with Gasteiger partial charge in [0.1, 0.15) is 5.82 Å². The molecule has 6 atom stereocenters. The molecule has 10 nitrogen and oxygen atoms in total. The zero-order valence-electron chi connectivity index (χ0n) is 25.5. The van der Waals surface area contributed by atoms with Gasteiger partial charge in [-0.05, 0) is 46.9 Å². The highest BCUT2D eigenvalue weighted by atomic mass is 19.4. The first-order chi connectivity index (χ1) is 20.7. The van der Waals surface area contributed by atoms with Crippen LogP contribution in [-0.4, -0.2) is 96.9 Å². The van der Waals surface area contributed by atoms with Gasteiger partial charge in [-0.2, -0.15) is 13.2 Å². The minimum Gasteiger partial charge on any atom is -0.372 e. The SMILES string of the molecule is C[C@@H]1CN(c2ncc(-c3cc(NC(=O)C4CNC(=O)CC4C(F)(F)F)c(N4C[C@H](C)N(C)[C@@H](C)C4)cc3F)cn2)C[C@H](C)O1. The molecule has 3 aliphatic heterocycles. The predicted molar refractivity (Wildman–Crippen MR) is 158 cm³/mol. The summed E-state index contributed by atoms with van der Waals surface area (Å²) in [5, 5.41) is 5.05. The van der Waals surface area contributed by atoms with Crippen molar-refractivity contribution in [3.05, 3.63) is 30.3 Å². The summed E-state index contributed by atoms with van der Waals surface area (Å²) in [7, 11) is 2.00. The number of likely N-dealkylation sites (N-methyl/N-ethyl adjacent to an activating group) is 1. The number of alkyl halides is 3. The van der Waals surface area contributed by atoms with Crippen LogP contribution < -0.4 is 20.4 Å². The first-order valence-corrected chi connectivity index (χ1v) is 14.9. The third-order valence-corrected chi connectivity index (χ3v) is 8.86. The third-order valence-electron chi connectivity index (χ3n) is 8.86. The summed E-state index contributed by atoms with van der Waals surface area (Å²) >= 11 is 0. The molecule has 2 amide bonds. The molecule has 2 unspecified atom stereocenters. The van der Waals surface area contributed by atoms with Crippen LogP contribution >= 0.6 is 0 Å². The maximum Gasteiger partial charge on any atom is 0.393 e. The van der Waals surface area contributed by atoms with Gasteiger partial charge in [0, 0.05) is 74.7 Å². The summed E-state index contributed by atoms with van der Waals surface area (Å²) < 4.78 is 63.2. The Balaban J connectivity index is 1.49. The van der Waals surface area contributed by atoms with E-state index >= 15 is 4.39 Å². The summed E-state index contributed by atoms with van der Waals surface area (Å²) in [5.41, 5.74) is 0.983. The first-order valence-electron chi connectivity index (χ1n) is 14.9. The standard InChI is InChI=1S/C30H39F4N7O3/c1-16-12-40(13-17(2)39(16)5)26-8-24(31)21(20-9-36-29(37-10-20)41-14-18(3)44-19(4)15-41)6-25(26)38-28(43)22-11-35-27(42)7-23(22)30(32,33)34/h6,8-10,16-19,22-23H,7,11-15H2,1-5H3,(H,35,42)(H,38,43)/t16-,17-,18-,19+,22?,23?/m0/s1. The van der Waals surface area contributed by atoms with Crippen LogP contribution in [0.5, 0.6) is 0 Å². The van der Waals surface area contributed by atoms with E-state index in [4.69, 9.17) is 4.74 Å². The van der Waals surface area contributed by atoms with Crippen molar-refractivity contribution in [1.82, 2.24) is 20.2 Å². The van der Waals surface area contributed by atoms with E-state index < -0.39 is 48.6 Å². The van der Waals surface area contributed by atoms with E-state index in [1.807, 2.05) is 44.5 Å². The fourth-order valence-electron chi connectivity index (χ4n) is 6.34. The normalized spacial score (nSPS) is 28.5. The molecule has 5 rings (SSSR count). The molecular weight excluding hydrogens is 582 g/mol. The number of piperidine rings is 1. The maximum atomic E-state index is 15.8. The number of aromatic nitrogens is 2. The lowest BCUT2D eigenvalue weighted by atomic mass is 9.84. The molecule has 3 saturated heterocycles. The molecule has 3 fully saturated rings. The number of amides is 2. The molecule has 0 saturated carbocycles. The second-order valence-corrected chi connectivity index (χ2v) is 12.3. The van der Waals surface area contributed by atoms with Crippen LogP contribution in [0.1, 0.15) is 34.1 Å². The number of ether oxygens (including phenoxy) is 1. The largest absolute Gasteiger partial charge is 0.393 e. The fraction of sp³-hybridized carbons (Fsp3) is 0.600. The van der Waals surface area contributed by atoms with Gasteiger partial charge in [-0.1, -0.05) is 0 Å². The number of anilines is 3. The summed E-state index contributed by atoms with van der Waals surface area (Å²) in [4.78, 5) is 40.2. The minimum absolute atomic E-state index is 0.00683. The Kier molecular flexibility index (Phi) is 9.04. The highest BCUT2D eigenvalue weighted by molar-refractivity contribution is 5.98. The molecule has 240 valence electrons. The number of morpholine rings is 1. The molecule has 1 aromatic carbocycles. The van der Waals surface area contributed by atoms with Crippen molar-refractivity contribution in [2.45, 2.75) is 64.6 Å². The minimum atomic E-state index is -4.74. The maximum absolute atomic E-state index is 15.8. The molecule has 0 bridgehead atoms. The number of nitrogens with zero attached hydrogens (tertiary/aromatic N) is 5. The van der Waals surface area contributed by atoms with Crippen molar-refractivity contribution in [2.24, 2.45) is 11.8 Å². The molecule has 1 aromatic heterocycles. The van der Waals surface area contributed by atoms with E-state index in [1.165, 1.54) is 24.5 Å². The monoisotopic (exact) mass is 621 g/mol. The second kappa shape index (κ2) is 12.5. The van der Waals surface area contributed by atoms with Crippen molar-refractivity contribution < 1.29 is 31.9 Å². The Bertz CT molecular complexity index is 1350. The number of halogens is 4. The molecule has 2 aromatic rings. The number of benzene rings is 1. The average molecular weight is 622 g/mol. The molecule has 14 heteroatoms. The predicted octanol–water partition coefficient (Wildman–Crippen LogP) is 3.68. The molecule has 3 aliphatic rings. The summed E-state index contributed by atoms with van der Waals surface area (Å²) in [6, 6.07) is 2.93. The van der Waals surface area contributed by atoms with Crippen LogP contribution in [0, 0.1) is 17.7 Å². The molecule has 44 heavy (non-hydrogen) atoms. The lowest BCUT2D eigenvalue weighted by molar-refractivity contribution is -0.197. The summed E-state index contributed by atoms with van der Waals surface area (Å²) in [5.74, 6) is -5.44. The Labute approximate surface area is 254 Å². The van der Waals surface area contributed by atoms with E-state index in [-0.39, 0.29) is 35.5 Å². The van der Waals surface area contributed by atoms with Gasteiger partial charge in [-0.25, -0.2) is 14.4 Å². The van der Waals surface area contributed by atoms with Gasteiger partial charge in [0.15, 0.2) is 0 Å². The quantitative estimate of drug-likeness (QED) is 0.488. The number of hydrogen-bond acceptors (Lipinski definition) is 8. The average Bonchev–Trinajstić information content (AvgIpc) is 2.95. The van der Waals surface area contributed by atoms with Crippen LogP contribution in [0.25, 0.3) is 11.1 Å². The topological polar surface area (TPSA) is 103 Å². The van der Waals surface area contributed by atoms with Crippen LogP contribution in [0.15, 0.2) is 24.5 Å². The van der Waals surface area contributed by atoms with E-state index in [9.17, 15) is 22.8 Å². The van der Waals surface area contributed by atoms with Gasteiger partial charge in [-0.3, -0.25) is 14.5 Å². The molecular formula is C30H39F4N7O3. The van der Waals surface area contributed by atoms with E-state index in [1.54, 1.807) is 0 Å². The van der Waals surface area contributed by atoms with Gasteiger partial charge in [0.05, 0.1) is 35.4 Å². The number of rotatable bonds is 5. The van der Waals surface area contributed by atoms with Gasteiger partial charge >= 0.3 is 6.18 Å². The van der Waals surface area contributed by atoms with Gasteiger partial charge in [-0.15, -0.1) is 0 Å². The summed E-state index contributed by atoms with van der Waals surface area (Å²) in [6.45, 7) is 9.76. The lowest BCUT2D eigenvalue weighted by Crippen LogP contribution is -2.55. The molecule has 2 N–H and O–H groups in total. The molecule has 0 spiro atoms. The third kappa shape index (κ3) is 6.75. The van der Waals surface area contributed by atoms with Crippen molar-refractivity contribution in [2.75, 3.05) is 54.9 Å². The van der Waals surface area contributed by atoms with Crippen molar-refractivity contribution in [3.8, 4) is 11.1 Å². The smallest absolute Gasteiger partial charge is 0.372 e. The van der Waals surface area contributed by atoms with Crippen LogP contribution in [-0.2, 0) is 14.3 Å². The first kappa shape index (κ1) is 31.9. The summed E-state index contributed by atoms with van der Waals surface area (Å²) in [6.07, 6.45) is -2.60. The number of carbonyl (C=O) groups excluding carboxylic acids is 2. The van der Waals surface area contributed by atoms with Crippen LogP contribution in [0.3, 0.4) is 0 Å². The molecule has 0 radical (unpaired) electrons. The lowest BCUT2D eigenvalue weighted by Gasteiger charge is -2.44. The van der Waals surface area contributed by atoms with Gasteiger partial charge in [0.25, 0.3) is 0 Å². The van der Waals surface area contributed by atoms with Gasteiger partial charge in [0.2, 0.25) is 17.8 Å². The van der Waals surface area contributed by atoms with E-state index in [0.717, 1.165) is 0 Å². The zero-order valence-corrected chi connectivity index (χ0v) is 25.5. The molecule has 0 aliphatic carbocycles. The zero-order chi connectivity index (χ0) is 31.9. The van der Waals surface area contributed by atoms with Gasteiger partial charge < -0.3 is 25.2 Å². The Hall–Kier alpha value is -3.52. The Morgan fingerprint density at radius 2 is 1.61 bits per heavy atom. The number of piperazine rings is 1. The second-order valence-electron chi connectivity index (χ2n) is 12.3. The van der Waals surface area contributed by atoms with Crippen molar-refractivity contribution in [3.63, 3.8) is 0 Å².